The molecule has 1 amide bonds. The predicted molar refractivity (Wildman–Crippen MR) is 389 cm³/mol. The van der Waals surface area contributed by atoms with Crippen LogP contribution in [0, 0.1) is 0 Å². The smallest absolute Gasteiger partial charge is 0.305 e. The third-order valence-electron chi connectivity index (χ3n) is 18.9. The molecule has 0 aromatic heterocycles. The highest BCUT2D eigenvalue weighted by atomic mass is 16.5. The van der Waals surface area contributed by atoms with E-state index in [9.17, 15) is 19.8 Å². The molecule has 0 aliphatic heterocycles. The molecule has 0 aromatic carbocycles. The Morgan fingerprint density at radius 2 is 0.568 bits per heavy atom. The molecule has 0 fully saturated rings. The standard InChI is InChI=1S/C82H157NO5/c1-3-5-7-9-11-13-15-17-19-21-22-23-24-34-37-40-43-46-50-54-58-62-66-70-74-80(85)79(78-84)83-81(86)75-71-67-63-59-55-51-47-44-41-38-35-32-30-28-26-25-27-29-31-33-36-39-42-45-49-53-57-61-65-69-73-77-88-82(87)76-72-68-64-60-56-52-48-20-18-16-14-12-10-8-6-4-2/h20,27,29,33,36,48,79-80,84-85H,3-19,21-26,28,30-32,34-35,37-47,49-78H2,1-2H3,(H,83,86)/b29-27-,36-33-,48-20-. The van der Waals surface area contributed by atoms with Gasteiger partial charge in [0.25, 0.3) is 0 Å². The molecule has 0 aliphatic rings. The van der Waals surface area contributed by atoms with Gasteiger partial charge in [-0.15, -0.1) is 0 Å². The molecule has 88 heavy (non-hydrogen) atoms. The SMILES string of the molecule is CCCCCCCCC/C=C\CCCCCCCC(=O)OCCCCCCCCCCC/C=C\C/C=C\CCCCCCCCCCCCCCCCCC(=O)NC(CO)C(O)CCCCCCCCCCCCCCCCCCCCCCCCCC. The van der Waals surface area contributed by atoms with Gasteiger partial charge in [-0.2, -0.15) is 0 Å². The van der Waals surface area contributed by atoms with Crippen LogP contribution in [0.2, 0.25) is 0 Å². The number of aliphatic hydroxyl groups is 2. The van der Waals surface area contributed by atoms with E-state index in [1.54, 1.807) is 0 Å². The van der Waals surface area contributed by atoms with E-state index >= 15 is 0 Å². The van der Waals surface area contributed by atoms with Gasteiger partial charge in [0.2, 0.25) is 5.91 Å². The lowest BCUT2D eigenvalue weighted by Crippen LogP contribution is -2.45. The summed E-state index contributed by atoms with van der Waals surface area (Å²) in [6.45, 7) is 4.99. The van der Waals surface area contributed by atoms with Crippen LogP contribution in [-0.4, -0.2) is 47.4 Å². The van der Waals surface area contributed by atoms with E-state index in [4.69, 9.17) is 4.74 Å². The maximum absolute atomic E-state index is 12.6. The average molecular weight is 1240 g/mol. The summed E-state index contributed by atoms with van der Waals surface area (Å²) in [5.74, 6) is -0.0224. The largest absolute Gasteiger partial charge is 0.466 e. The van der Waals surface area contributed by atoms with Gasteiger partial charge in [-0.3, -0.25) is 9.59 Å². The number of amides is 1. The van der Waals surface area contributed by atoms with Crippen LogP contribution in [0.3, 0.4) is 0 Å². The Bertz CT molecular complexity index is 1430. The lowest BCUT2D eigenvalue weighted by Gasteiger charge is -2.22. The molecule has 0 saturated heterocycles. The molecule has 3 N–H and O–H groups in total. The Kier molecular flexibility index (Phi) is 75.8. The third-order valence-corrected chi connectivity index (χ3v) is 18.9. The topological polar surface area (TPSA) is 95.9 Å². The van der Waals surface area contributed by atoms with E-state index in [2.05, 4.69) is 55.6 Å². The number of nitrogens with one attached hydrogen (secondary N) is 1. The van der Waals surface area contributed by atoms with Crippen molar-refractivity contribution in [3.8, 4) is 0 Å². The van der Waals surface area contributed by atoms with Crippen LogP contribution in [0.4, 0.5) is 0 Å². The number of rotatable bonds is 76. The zero-order chi connectivity index (χ0) is 63.5. The maximum Gasteiger partial charge on any atom is 0.305 e. The van der Waals surface area contributed by atoms with Crippen LogP contribution in [-0.2, 0) is 14.3 Å². The highest BCUT2D eigenvalue weighted by Gasteiger charge is 2.20. The van der Waals surface area contributed by atoms with E-state index in [-0.39, 0.29) is 18.5 Å². The van der Waals surface area contributed by atoms with Gasteiger partial charge >= 0.3 is 5.97 Å². The zero-order valence-corrected chi connectivity index (χ0v) is 59.7. The second-order valence-electron chi connectivity index (χ2n) is 27.7. The summed E-state index contributed by atoms with van der Waals surface area (Å²) in [5, 5.41) is 23.5. The van der Waals surface area contributed by atoms with Crippen LogP contribution < -0.4 is 5.32 Å². The molecule has 0 bridgehead atoms. The fourth-order valence-corrected chi connectivity index (χ4v) is 12.8. The van der Waals surface area contributed by atoms with Gasteiger partial charge in [-0.25, -0.2) is 0 Å². The molecular weight excluding hydrogens is 1080 g/mol. The van der Waals surface area contributed by atoms with Gasteiger partial charge in [-0.05, 0) is 83.5 Å². The number of carbonyl (C=O) groups is 2. The Morgan fingerprint density at radius 1 is 0.318 bits per heavy atom. The number of unbranched alkanes of at least 4 members (excludes halogenated alkanes) is 59. The second-order valence-corrected chi connectivity index (χ2v) is 27.7. The Labute approximate surface area is 551 Å². The molecule has 520 valence electrons. The van der Waals surface area contributed by atoms with Crippen molar-refractivity contribution in [1.29, 1.82) is 0 Å². The van der Waals surface area contributed by atoms with Crippen molar-refractivity contribution in [2.75, 3.05) is 13.2 Å². The van der Waals surface area contributed by atoms with Crippen LogP contribution in [0.15, 0.2) is 36.5 Å². The maximum atomic E-state index is 12.6. The summed E-state index contributed by atoms with van der Waals surface area (Å²) in [5.41, 5.74) is 0. The first-order valence-electron chi connectivity index (χ1n) is 40.2. The Balaban J connectivity index is 3.39. The summed E-state index contributed by atoms with van der Waals surface area (Å²) < 4.78 is 5.50. The number of carbonyl (C=O) groups excluding carboxylic acids is 2. The van der Waals surface area contributed by atoms with E-state index in [0.717, 1.165) is 51.4 Å². The fourth-order valence-electron chi connectivity index (χ4n) is 12.8. The molecule has 0 aromatic rings. The van der Waals surface area contributed by atoms with Crippen molar-refractivity contribution in [1.82, 2.24) is 5.32 Å². The normalized spacial score (nSPS) is 12.6. The Hall–Kier alpha value is -1.92. The lowest BCUT2D eigenvalue weighted by molar-refractivity contribution is -0.143. The molecule has 2 atom stereocenters. The average Bonchev–Trinajstić information content (AvgIpc) is 3.57. The monoisotopic (exact) mass is 1240 g/mol. The van der Waals surface area contributed by atoms with Crippen molar-refractivity contribution in [2.45, 2.75) is 463 Å². The summed E-state index contributed by atoms with van der Waals surface area (Å²) in [7, 11) is 0. The number of allylic oxidation sites excluding steroid dienone is 6. The lowest BCUT2D eigenvalue weighted by atomic mass is 10.0. The van der Waals surface area contributed by atoms with Crippen molar-refractivity contribution in [2.24, 2.45) is 0 Å². The number of hydrogen-bond donors (Lipinski definition) is 3. The number of ether oxygens (including phenoxy) is 1. The number of aliphatic hydroxyl groups excluding tert-OH is 2. The van der Waals surface area contributed by atoms with Gasteiger partial charge in [0.15, 0.2) is 0 Å². The fraction of sp³-hybridized carbons (Fsp3) is 0.902. The molecule has 6 heteroatoms. The highest BCUT2D eigenvalue weighted by Crippen LogP contribution is 2.20. The van der Waals surface area contributed by atoms with Gasteiger partial charge in [0.1, 0.15) is 0 Å². The minimum Gasteiger partial charge on any atom is -0.466 e. The van der Waals surface area contributed by atoms with Gasteiger partial charge < -0.3 is 20.3 Å². The summed E-state index contributed by atoms with van der Waals surface area (Å²) in [4.78, 5) is 24.7. The van der Waals surface area contributed by atoms with Crippen LogP contribution in [0.5, 0.6) is 0 Å². The molecule has 0 spiro atoms. The van der Waals surface area contributed by atoms with E-state index < -0.39 is 12.1 Å². The summed E-state index contributed by atoms with van der Waals surface area (Å²) in [6.07, 6.45) is 101. The number of hydrogen-bond acceptors (Lipinski definition) is 5. The zero-order valence-electron chi connectivity index (χ0n) is 59.7. The van der Waals surface area contributed by atoms with Crippen LogP contribution in [0.1, 0.15) is 450 Å². The van der Waals surface area contributed by atoms with E-state index in [1.165, 1.54) is 366 Å². The van der Waals surface area contributed by atoms with E-state index in [1.807, 2.05) is 0 Å². The molecule has 0 aliphatic carbocycles. The van der Waals surface area contributed by atoms with Gasteiger partial charge in [0, 0.05) is 12.8 Å². The van der Waals surface area contributed by atoms with Crippen molar-refractivity contribution in [3.05, 3.63) is 36.5 Å². The quantitative estimate of drug-likeness (QED) is 0.0320. The molecule has 2 unspecified atom stereocenters. The minimum absolute atomic E-state index is 0.00666. The second kappa shape index (κ2) is 77.5. The van der Waals surface area contributed by atoms with Crippen molar-refractivity contribution >= 4 is 11.9 Å². The summed E-state index contributed by atoms with van der Waals surface area (Å²) >= 11 is 0. The van der Waals surface area contributed by atoms with Crippen molar-refractivity contribution in [3.63, 3.8) is 0 Å². The molecular formula is C82H157NO5. The first-order valence-corrected chi connectivity index (χ1v) is 40.2. The minimum atomic E-state index is -0.666. The Morgan fingerprint density at radius 3 is 0.875 bits per heavy atom. The summed E-state index contributed by atoms with van der Waals surface area (Å²) in [6, 6.07) is -0.543. The molecule has 6 nitrogen and oxygen atoms in total. The van der Waals surface area contributed by atoms with Crippen molar-refractivity contribution < 1.29 is 24.5 Å². The molecule has 0 radical (unpaired) electrons. The molecule has 0 saturated carbocycles. The van der Waals surface area contributed by atoms with Crippen LogP contribution >= 0.6 is 0 Å². The van der Waals surface area contributed by atoms with Gasteiger partial charge in [0.05, 0.1) is 25.4 Å². The molecule has 0 rings (SSSR count). The highest BCUT2D eigenvalue weighted by molar-refractivity contribution is 5.76. The number of esters is 1. The van der Waals surface area contributed by atoms with Crippen LogP contribution in [0.25, 0.3) is 0 Å². The first-order chi connectivity index (χ1) is 43.5. The third kappa shape index (κ3) is 73.1. The predicted octanol–water partition coefficient (Wildman–Crippen LogP) is 26.6. The van der Waals surface area contributed by atoms with Gasteiger partial charge in [-0.1, -0.05) is 391 Å². The first kappa shape index (κ1) is 86.1. The molecule has 0 heterocycles. The van der Waals surface area contributed by atoms with E-state index in [0.29, 0.717) is 25.9 Å².